The number of carbonyl (C=O) groups excluding carboxylic acids is 1. The Labute approximate surface area is 132 Å². The highest BCUT2D eigenvalue weighted by atomic mass is 19.1. The van der Waals surface area contributed by atoms with E-state index < -0.39 is 5.82 Å². The van der Waals surface area contributed by atoms with Crippen molar-refractivity contribution in [3.8, 4) is 0 Å². The summed E-state index contributed by atoms with van der Waals surface area (Å²) in [5, 5.41) is 5.19. The van der Waals surface area contributed by atoms with Crippen LogP contribution in [0.25, 0.3) is 10.9 Å². The maximum atomic E-state index is 14.1. The molecule has 0 spiro atoms. The van der Waals surface area contributed by atoms with Gasteiger partial charge in [0.25, 0.3) is 5.91 Å². The van der Waals surface area contributed by atoms with Crippen LogP contribution in [0.1, 0.15) is 41.4 Å². The third-order valence-electron chi connectivity index (χ3n) is 5.73. The molecule has 3 aliphatic rings. The number of aromatic nitrogens is 1. The molecule has 0 unspecified atom stereocenters. The van der Waals surface area contributed by atoms with Gasteiger partial charge in [0, 0.05) is 30.2 Å². The van der Waals surface area contributed by atoms with Gasteiger partial charge in [-0.2, -0.15) is 5.10 Å². The fourth-order valence-corrected chi connectivity index (χ4v) is 4.69. The number of hydrazone groups is 1. The predicted molar refractivity (Wildman–Crippen MR) is 85.0 cm³/mol. The quantitative estimate of drug-likeness (QED) is 0.810. The van der Waals surface area contributed by atoms with E-state index in [1.807, 2.05) is 7.05 Å². The van der Waals surface area contributed by atoms with Gasteiger partial charge in [-0.3, -0.25) is 9.69 Å². The molecule has 1 amide bonds. The van der Waals surface area contributed by atoms with Crippen molar-refractivity contribution in [1.29, 1.82) is 0 Å². The van der Waals surface area contributed by atoms with Gasteiger partial charge in [-0.1, -0.05) is 0 Å². The number of aryl methyl sites for hydroxylation is 1. The molecule has 0 saturated carbocycles. The van der Waals surface area contributed by atoms with E-state index in [2.05, 4.69) is 26.9 Å². The summed E-state index contributed by atoms with van der Waals surface area (Å²) in [4.78, 5) is 14.8. The van der Waals surface area contributed by atoms with Crippen LogP contribution >= 0.6 is 0 Å². The average molecular weight is 312 g/mol. The molecule has 5 nitrogen and oxygen atoms in total. The summed E-state index contributed by atoms with van der Waals surface area (Å²) >= 11 is 0. The lowest BCUT2D eigenvalue weighted by Crippen LogP contribution is -2.48. The molecule has 1 fully saturated rings. The van der Waals surface area contributed by atoms with Gasteiger partial charge in [-0.05, 0) is 38.4 Å². The van der Waals surface area contributed by atoms with Crippen LogP contribution in [-0.2, 0) is 12.6 Å². The molecule has 4 heterocycles. The first-order valence-electron chi connectivity index (χ1n) is 7.95. The third kappa shape index (κ3) is 1.45. The molecule has 6 heteroatoms. The minimum atomic E-state index is -0.391. The molecule has 1 aromatic heterocycles. The highest BCUT2D eigenvalue weighted by Gasteiger charge is 2.48. The Morgan fingerprint density at radius 2 is 2.22 bits per heavy atom. The molecule has 5 rings (SSSR count). The van der Waals surface area contributed by atoms with Crippen LogP contribution in [0.3, 0.4) is 0 Å². The molecule has 118 valence electrons. The van der Waals surface area contributed by atoms with Crippen LogP contribution in [0.2, 0.25) is 0 Å². The minimum absolute atomic E-state index is 0.0801. The average Bonchev–Trinajstić information content (AvgIpc) is 2.99. The topological polar surface area (TPSA) is 49.6 Å². The smallest absolute Gasteiger partial charge is 0.272 e. The Kier molecular flexibility index (Phi) is 2.30. The van der Waals surface area contributed by atoms with Crippen molar-refractivity contribution >= 4 is 22.5 Å². The number of fused-ring (bicyclic) bond motifs is 2. The zero-order valence-corrected chi connectivity index (χ0v) is 13.1. The van der Waals surface area contributed by atoms with Crippen LogP contribution in [0.5, 0.6) is 0 Å². The highest BCUT2D eigenvalue weighted by Crippen LogP contribution is 2.47. The van der Waals surface area contributed by atoms with Gasteiger partial charge in [0.15, 0.2) is 0 Å². The van der Waals surface area contributed by atoms with E-state index in [4.69, 9.17) is 0 Å². The summed E-state index contributed by atoms with van der Waals surface area (Å²) in [6, 6.07) is 2.84. The number of benzene rings is 1. The molecule has 3 aliphatic heterocycles. The van der Waals surface area contributed by atoms with Gasteiger partial charge < -0.3 is 4.57 Å². The second-order valence-corrected chi connectivity index (χ2v) is 6.93. The van der Waals surface area contributed by atoms with E-state index in [-0.39, 0.29) is 11.4 Å². The van der Waals surface area contributed by atoms with E-state index in [0.717, 1.165) is 53.8 Å². The predicted octanol–water partition coefficient (Wildman–Crippen LogP) is 2.09. The third-order valence-corrected chi connectivity index (χ3v) is 5.73. The summed E-state index contributed by atoms with van der Waals surface area (Å²) in [7, 11) is 1.97. The van der Waals surface area contributed by atoms with E-state index in [1.165, 1.54) is 12.1 Å². The molecule has 0 aliphatic carbocycles. The van der Waals surface area contributed by atoms with Gasteiger partial charge >= 0.3 is 0 Å². The van der Waals surface area contributed by atoms with Gasteiger partial charge in [0.05, 0.1) is 22.3 Å². The number of amides is 1. The van der Waals surface area contributed by atoms with Crippen molar-refractivity contribution < 1.29 is 9.18 Å². The van der Waals surface area contributed by atoms with Gasteiger partial charge in [0.1, 0.15) is 5.82 Å². The minimum Gasteiger partial charge on any atom is -0.345 e. The first kappa shape index (κ1) is 13.2. The Morgan fingerprint density at radius 1 is 1.39 bits per heavy atom. The van der Waals surface area contributed by atoms with Crippen molar-refractivity contribution in [3.63, 3.8) is 0 Å². The largest absolute Gasteiger partial charge is 0.345 e. The van der Waals surface area contributed by atoms with Crippen LogP contribution in [0.15, 0.2) is 17.2 Å². The Morgan fingerprint density at radius 3 is 3.04 bits per heavy atom. The fraction of sp³-hybridized carbons (Fsp3) is 0.412. The monoisotopic (exact) mass is 312 g/mol. The zero-order chi connectivity index (χ0) is 15.9. The molecule has 23 heavy (non-hydrogen) atoms. The molecule has 1 aromatic carbocycles. The zero-order valence-electron chi connectivity index (χ0n) is 13.1. The maximum absolute atomic E-state index is 14.1. The van der Waals surface area contributed by atoms with Crippen molar-refractivity contribution in [2.75, 3.05) is 13.1 Å². The van der Waals surface area contributed by atoms with Crippen LogP contribution in [0.4, 0.5) is 4.39 Å². The standard InChI is InChI=1S/C17H17FN4O/c1-17-4-3-5-22(17)8-11-14-13-10(16(23)20-19-11)6-9(18)7-12(13)21(2)15(14)17/h6-7H,3-5,8H2,1-2H3,(H,20,23)/t17-/m1/s1. The first-order chi connectivity index (χ1) is 11.0. The molecular formula is C17H17FN4O. The molecule has 2 aromatic rings. The summed E-state index contributed by atoms with van der Waals surface area (Å²) in [5.74, 6) is -0.729. The van der Waals surface area contributed by atoms with Crippen LogP contribution in [0, 0.1) is 5.82 Å². The number of nitrogens with one attached hydrogen (secondary N) is 1. The van der Waals surface area contributed by atoms with Crippen molar-refractivity contribution in [2.45, 2.75) is 25.3 Å². The lowest BCUT2D eigenvalue weighted by Gasteiger charge is -2.40. The van der Waals surface area contributed by atoms with E-state index in [9.17, 15) is 9.18 Å². The molecular weight excluding hydrogens is 295 g/mol. The van der Waals surface area contributed by atoms with Gasteiger partial charge in [-0.25, -0.2) is 9.82 Å². The van der Waals surface area contributed by atoms with E-state index in [0.29, 0.717) is 5.56 Å². The Hall–Kier alpha value is -2.21. The number of hydrogen-bond acceptors (Lipinski definition) is 3. The van der Waals surface area contributed by atoms with Crippen LogP contribution < -0.4 is 5.43 Å². The normalized spacial score (nSPS) is 26.0. The SMILES string of the molecule is Cn1c2c3c4c(cc(F)cc41)C(=O)NN=C3CN1CCC[C@]21C. The van der Waals surface area contributed by atoms with Crippen molar-refractivity contribution in [1.82, 2.24) is 14.9 Å². The lowest BCUT2D eigenvalue weighted by molar-refractivity contribution is 0.0956. The Balaban J connectivity index is 2.00. The number of halogens is 1. The summed E-state index contributed by atoms with van der Waals surface area (Å²) in [6.45, 7) is 3.99. The second-order valence-electron chi connectivity index (χ2n) is 6.93. The number of nitrogens with zero attached hydrogens (tertiary/aromatic N) is 3. The highest BCUT2D eigenvalue weighted by molar-refractivity contribution is 6.21. The summed E-state index contributed by atoms with van der Waals surface area (Å²) < 4.78 is 16.1. The second kappa shape index (κ2) is 4.00. The van der Waals surface area contributed by atoms with E-state index >= 15 is 0 Å². The summed E-state index contributed by atoms with van der Waals surface area (Å²) in [6.07, 6.45) is 2.20. The molecule has 1 saturated heterocycles. The van der Waals surface area contributed by atoms with Gasteiger partial charge in [-0.15, -0.1) is 0 Å². The number of hydrogen-bond donors (Lipinski definition) is 1. The fourth-order valence-electron chi connectivity index (χ4n) is 4.69. The van der Waals surface area contributed by atoms with Gasteiger partial charge in [0.2, 0.25) is 0 Å². The maximum Gasteiger partial charge on any atom is 0.272 e. The summed E-state index contributed by atoms with van der Waals surface area (Å²) in [5.41, 5.74) is 6.71. The first-order valence-corrected chi connectivity index (χ1v) is 7.95. The van der Waals surface area contributed by atoms with Crippen LogP contribution in [-0.4, -0.2) is 34.2 Å². The number of rotatable bonds is 0. The number of carbonyl (C=O) groups is 1. The molecule has 1 atom stereocenters. The van der Waals surface area contributed by atoms with Crippen molar-refractivity contribution in [2.24, 2.45) is 12.1 Å². The van der Waals surface area contributed by atoms with E-state index in [1.54, 1.807) is 0 Å². The van der Waals surface area contributed by atoms with Crippen molar-refractivity contribution in [3.05, 3.63) is 34.8 Å². The lowest BCUT2D eigenvalue weighted by atomic mass is 9.85. The molecule has 1 N–H and O–H groups in total. The molecule has 0 radical (unpaired) electrons. The Bertz CT molecular complexity index is 929. The molecule has 0 bridgehead atoms.